The molecule has 0 aliphatic rings. The second-order valence-corrected chi connectivity index (χ2v) is 9.77. The molecule has 178 valence electrons. The van der Waals surface area contributed by atoms with E-state index in [1.165, 1.54) is 11.3 Å². The summed E-state index contributed by atoms with van der Waals surface area (Å²) in [6, 6.07) is 16.0. The Morgan fingerprint density at radius 1 is 1.06 bits per heavy atom. The van der Waals surface area contributed by atoms with Crippen molar-refractivity contribution >= 4 is 21.6 Å². The van der Waals surface area contributed by atoms with Crippen LogP contribution >= 0.6 is 11.3 Å². The first-order valence-corrected chi connectivity index (χ1v) is 12.4. The zero-order chi connectivity index (χ0) is 24.2. The van der Waals surface area contributed by atoms with Crippen molar-refractivity contribution in [2.75, 3.05) is 13.2 Å². The van der Waals surface area contributed by atoms with Crippen molar-refractivity contribution in [2.24, 2.45) is 0 Å². The van der Waals surface area contributed by atoms with E-state index in [2.05, 4.69) is 23.7 Å². The zero-order valence-corrected chi connectivity index (χ0v) is 20.9. The largest absolute Gasteiger partial charge is 0.491 e. The minimum Gasteiger partial charge on any atom is -0.491 e. The highest BCUT2D eigenvalue weighted by Crippen LogP contribution is 2.32. The molecule has 6 nitrogen and oxygen atoms in total. The van der Waals surface area contributed by atoms with Crippen LogP contribution < -0.4 is 10.3 Å². The molecule has 0 aliphatic heterocycles. The van der Waals surface area contributed by atoms with Gasteiger partial charge in [-0.15, -0.1) is 11.3 Å². The van der Waals surface area contributed by atoms with E-state index in [0.29, 0.717) is 24.3 Å². The highest BCUT2D eigenvalue weighted by molar-refractivity contribution is 7.17. The molecule has 2 aromatic carbocycles. The van der Waals surface area contributed by atoms with Gasteiger partial charge in [0.2, 0.25) is 0 Å². The Balaban J connectivity index is 1.50. The molecule has 2 heterocycles. The summed E-state index contributed by atoms with van der Waals surface area (Å²) in [5.74, 6) is 1.37. The minimum absolute atomic E-state index is 0.133. The van der Waals surface area contributed by atoms with Crippen molar-refractivity contribution in [2.45, 2.75) is 46.4 Å². The van der Waals surface area contributed by atoms with E-state index < -0.39 is 6.10 Å². The predicted octanol–water partition coefficient (Wildman–Crippen LogP) is 4.92. The van der Waals surface area contributed by atoms with Crippen LogP contribution in [0.3, 0.4) is 0 Å². The molecular formula is C27H31N3O3S. The van der Waals surface area contributed by atoms with E-state index in [1.807, 2.05) is 67.8 Å². The number of para-hydroxylation sites is 1. The lowest BCUT2D eigenvalue weighted by atomic mass is 10.0. The number of ether oxygens (including phenoxy) is 1. The lowest BCUT2D eigenvalue weighted by Crippen LogP contribution is -2.40. The number of hydrogen-bond donors (Lipinski definition) is 2. The van der Waals surface area contributed by atoms with Gasteiger partial charge in [0.05, 0.1) is 11.9 Å². The lowest BCUT2D eigenvalue weighted by molar-refractivity contribution is 0.0531. The topological polar surface area (TPSA) is 78.5 Å². The standard InChI is InChI=1S/C27H31N3O3S/c1-17(2)30(13-20(31)15-33-23-12-8-6-10-19(23)4)14-24-28-26(32)25-22(16-34-27(25)29-24)21-11-7-5-9-18(21)3/h5-12,16-17,20,31H,13-15H2,1-4H3,(H,28,29,32). The molecule has 7 heteroatoms. The summed E-state index contributed by atoms with van der Waals surface area (Å²) in [6.07, 6.45) is -0.674. The highest BCUT2D eigenvalue weighted by Gasteiger charge is 2.19. The molecule has 2 N–H and O–H groups in total. The third-order valence-corrected chi connectivity index (χ3v) is 6.85. The Morgan fingerprint density at radius 2 is 1.76 bits per heavy atom. The summed E-state index contributed by atoms with van der Waals surface area (Å²) < 4.78 is 5.81. The normalized spacial score (nSPS) is 12.6. The second kappa shape index (κ2) is 10.5. The maximum atomic E-state index is 13.1. The monoisotopic (exact) mass is 477 g/mol. The van der Waals surface area contributed by atoms with E-state index in [-0.39, 0.29) is 18.2 Å². The first kappa shape index (κ1) is 24.1. The maximum Gasteiger partial charge on any atom is 0.260 e. The first-order chi connectivity index (χ1) is 16.3. The Labute approximate surface area is 203 Å². The van der Waals surface area contributed by atoms with Crippen molar-refractivity contribution < 1.29 is 9.84 Å². The summed E-state index contributed by atoms with van der Waals surface area (Å²) in [5, 5.41) is 13.3. The summed E-state index contributed by atoms with van der Waals surface area (Å²) in [7, 11) is 0. The summed E-state index contributed by atoms with van der Waals surface area (Å²) in [6.45, 7) is 9.19. The first-order valence-electron chi connectivity index (χ1n) is 11.5. The number of aromatic nitrogens is 2. The molecule has 0 aliphatic carbocycles. The van der Waals surface area contributed by atoms with Gasteiger partial charge >= 0.3 is 0 Å². The molecule has 0 fully saturated rings. The number of aliphatic hydroxyl groups is 1. The highest BCUT2D eigenvalue weighted by atomic mass is 32.1. The number of nitrogens with zero attached hydrogens (tertiary/aromatic N) is 2. The van der Waals surface area contributed by atoms with E-state index in [9.17, 15) is 9.90 Å². The van der Waals surface area contributed by atoms with Crippen LogP contribution in [0, 0.1) is 13.8 Å². The molecular weight excluding hydrogens is 446 g/mol. The average Bonchev–Trinajstić information content (AvgIpc) is 3.22. The van der Waals surface area contributed by atoms with Crippen LogP contribution in [0.25, 0.3) is 21.3 Å². The number of nitrogens with one attached hydrogen (secondary N) is 1. The quantitative estimate of drug-likeness (QED) is 0.358. The van der Waals surface area contributed by atoms with Crippen molar-refractivity contribution in [1.29, 1.82) is 0 Å². The number of fused-ring (bicyclic) bond motifs is 1. The van der Waals surface area contributed by atoms with Gasteiger partial charge < -0.3 is 14.8 Å². The van der Waals surface area contributed by atoms with Crippen LogP contribution in [0.4, 0.5) is 0 Å². The van der Waals surface area contributed by atoms with Gasteiger partial charge in [0.25, 0.3) is 5.56 Å². The van der Waals surface area contributed by atoms with Gasteiger partial charge in [-0.2, -0.15) is 0 Å². The molecule has 1 atom stereocenters. The minimum atomic E-state index is -0.674. The third kappa shape index (κ3) is 5.38. The lowest BCUT2D eigenvalue weighted by Gasteiger charge is -2.28. The molecule has 34 heavy (non-hydrogen) atoms. The number of aliphatic hydroxyl groups excluding tert-OH is 1. The van der Waals surface area contributed by atoms with Crippen LogP contribution in [0.2, 0.25) is 0 Å². The van der Waals surface area contributed by atoms with Crippen molar-refractivity contribution in [1.82, 2.24) is 14.9 Å². The fourth-order valence-electron chi connectivity index (χ4n) is 4.02. The summed E-state index contributed by atoms with van der Waals surface area (Å²) in [5.41, 5.74) is 3.99. The number of rotatable bonds is 9. The van der Waals surface area contributed by atoms with Crippen molar-refractivity contribution in [3.8, 4) is 16.9 Å². The van der Waals surface area contributed by atoms with Crippen LogP contribution in [0.15, 0.2) is 58.7 Å². The average molecular weight is 478 g/mol. The van der Waals surface area contributed by atoms with Crippen molar-refractivity contribution in [3.63, 3.8) is 0 Å². The Morgan fingerprint density at radius 3 is 2.47 bits per heavy atom. The van der Waals surface area contributed by atoms with Crippen molar-refractivity contribution in [3.05, 3.63) is 81.2 Å². The number of aryl methyl sites for hydroxylation is 2. The number of H-pyrrole nitrogens is 1. The number of thiophene rings is 1. The SMILES string of the molecule is Cc1ccccc1OCC(O)CN(Cc1nc2scc(-c3ccccc3C)c2c(=O)[nH]1)C(C)C. The molecule has 0 spiro atoms. The molecule has 0 saturated heterocycles. The van der Waals surface area contributed by atoms with Crippen LogP contribution in [0.1, 0.15) is 30.8 Å². The van der Waals surface area contributed by atoms with Gasteiger partial charge in [0.15, 0.2) is 0 Å². The van der Waals surface area contributed by atoms with E-state index in [4.69, 9.17) is 9.72 Å². The van der Waals surface area contributed by atoms with Gasteiger partial charge in [-0.1, -0.05) is 42.5 Å². The molecule has 4 rings (SSSR count). The van der Waals surface area contributed by atoms with E-state index >= 15 is 0 Å². The molecule has 0 bridgehead atoms. The number of benzene rings is 2. The predicted molar refractivity (Wildman–Crippen MR) is 139 cm³/mol. The molecule has 0 saturated carbocycles. The molecule has 2 aromatic heterocycles. The summed E-state index contributed by atoms with van der Waals surface area (Å²) >= 11 is 1.48. The van der Waals surface area contributed by atoms with E-state index in [1.54, 1.807) is 0 Å². The van der Waals surface area contributed by atoms with Gasteiger partial charge in [-0.05, 0) is 50.5 Å². The maximum absolute atomic E-state index is 13.1. The second-order valence-electron chi connectivity index (χ2n) is 8.91. The Bertz CT molecular complexity index is 1330. The smallest absolute Gasteiger partial charge is 0.260 e. The van der Waals surface area contributed by atoms with Gasteiger partial charge in [0, 0.05) is 23.5 Å². The van der Waals surface area contributed by atoms with Gasteiger partial charge in [-0.25, -0.2) is 4.98 Å². The molecule has 0 amide bonds. The molecule has 4 aromatic rings. The van der Waals surface area contributed by atoms with Crippen LogP contribution in [-0.2, 0) is 6.54 Å². The van der Waals surface area contributed by atoms with Gasteiger partial charge in [0.1, 0.15) is 29.1 Å². The Hall–Kier alpha value is -3.00. The number of aromatic amines is 1. The fraction of sp³-hybridized carbons (Fsp3) is 0.333. The zero-order valence-electron chi connectivity index (χ0n) is 20.0. The van der Waals surface area contributed by atoms with Gasteiger partial charge in [-0.3, -0.25) is 9.69 Å². The molecule has 0 radical (unpaired) electrons. The third-order valence-electron chi connectivity index (χ3n) is 5.98. The Kier molecular flexibility index (Phi) is 7.46. The van der Waals surface area contributed by atoms with Crippen LogP contribution in [0.5, 0.6) is 5.75 Å². The summed E-state index contributed by atoms with van der Waals surface area (Å²) in [4.78, 5) is 23.6. The van der Waals surface area contributed by atoms with Crippen LogP contribution in [-0.4, -0.2) is 45.3 Å². The number of hydrogen-bond acceptors (Lipinski definition) is 6. The fourth-order valence-corrected chi connectivity index (χ4v) is 4.98. The molecule has 1 unspecified atom stereocenters. The van der Waals surface area contributed by atoms with E-state index in [0.717, 1.165) is 32.8 Å².